The summed E-state index contributed by atoms with van der Waals surface area (Å²) in [7, 11) is 0. The van der Waals surface area contributed by atoms with Crippen LogP contribution in [0.3, 0.4) is 0 Å². The van der Waals surface area contributed by atoms with Crippen LogP contribution in [0.25, 0.3) is 0 Å². The van der Waals surface area contributed by atoms with Crippen molar-refractivity contribution in [2.24, 2.45) is 11.8 Å². The average molecular weight is 269 g/mol. The van der Waals surface area contributed by atoms with Crippen molar-refractivity contribution >= 4 is 18.2 Å². The molecule has 1 N–H and O–H groups in total. The second-order valence-corrected chi connectivity index (χ2v) is 4.72. The van der Waals surface area contributed by atoms with Gasteiger partial charge in [-0.05, 0) is 25.7 Å². The van der Waals surface area contributed by atoms with Crippen LogP contribution in [0.4, 0.5) is 0 Å². The zero-order valence-electron chi connectivity index (χ0n) is 12.1. The lowest BCUT2D eigenvalue weighted by molar-refractivity contribution is -0.138. The molecule has 0 aliphatic rings. The van der Waals surface area contributed by atoms with Crippen molar-refractivity contribution in [3.05, 3.63) is 11.6 Å². The highest BCUT2D eigenvalue weighted by atomic mass is 16.5. The number of carbonyl (C=O) groups is 3. The SMILES string of the molecule is CCOC(=O)/C(C)=C/[C@@H](CC(=O)CNC=O)C(C)C. The van der Waals surface area contributed by atoms with Gasteiger partial charge in [-0.25, -0.2) is 4.79 Å². The summed E-state index contributed by atoms with van der Waals surface area (Å²) in [5.74, 6) is -0.222. The van der Waals surface area contributed by atoms with Gasteiger partial charge in [-0.2, -0.15) is 0 Å². The van der Waals surface area contributed by atoms with Gasteiger partial charge in [-0.1, -0.05) is 19.9 Å². The number of Topliss-reactive ketones (excluding diaryl/α,β-unsaturated/α-hetero) is 1. The maximum Gasteiger partial charge on any atom is 0.333 e. The van der Waals surface area contributed by atoms with E-state index < -0.39 is 0 Å². The quantitative estimate of drug-likeness (QED) is 0.391. The Morgan fingerprint density at radius 1 is 1.32 bits per heavy atom. The molecule has 0 unspecified atom stereocenters. The first kappa shape index (κ1) is 17.4. The van der Waals surface area contributed by atoms with Crippen LogP contribution in [0, 0.1) is 11.8 Å². The molecular weight excluding hydrogens is 246 g/mol. The van der Waals surface area contributed by atoms with Crippen LogP contribution in [-0.2, 0) is 19.1 Å². The molecule has 108 valence electrons. The van der Waals surface area contributed by atoms with Gasteiger partial charge >= 0.3 is 5.97 Å². The van der Waals surface area contributed by atoms with E-state index >= 15 is 0 Å². The lowest BCUT2D eigenvalue weighted by Crippen LogP contribution is -2.24. The number of ketones is 1. The molecule has 0 aromatic rings. The van der Waals surface area contributed by atoms with Crippen LogP contribution < -0.4 is 5.32 Å². The molecule has 0 aliphatic carbocycles. The fraction of sp³-hybridized carbons (Fsp3) is 0.643. The zero-order valence-corrected chi connectivity index (χ0v) is 12.1. The van der Waals surface area contributed by atoms with Crippen molar-refractivity contribution in [1.29, 1.82) is 0 Å². The van der Waals surface area contributed by atoms with E-state index in [1.54, 1.807) is 19.9 Å². The average Bonchev–Trinajstić information content (AvgIpc) is 2.35. The van der Waals surface area contributed by atoms with Crippen molar-refractivity contribution in [2.75, 3.05) is 13.2 Å². The monoisotopic (exact) mass is 269 g/mol. The number of hydrogen-bond donors (Lipinski definition) is 1. The van der Waals surface area contributed by atoms with Crippen molar-refractivity contribution in [1.82, 2.24) is 5.32 Å². The molecule has 5 heteroatoms. The van der Waals surface area contributed by atoms with Crippen LogP contribution in [0.15, 0.2) is 11.6 Å². The van der Waals surface area contributed by atoms with Crippen LogP contribution in [0.5, 0.6) is 0 Å². The molecule has 1 atom stereocenters. The number of esters is 1. The van der Waals surface area contributed by atoms with Crippen LogP contribution in [0.2, 0.25) is 0 Å². The molecule has 0 heterocycles. The topological polar surface area (TPSA) is 72.5 Å². The smallest absolute Gasteiger partial charge is 0.333 e. The van der Waals surface area contributed by atoms with E-state index in [1.165, 1.54) is 0 Å². The number of rotatable bonds is 9. The summed E-state index contributed by atoms with van der Waals surface area (Å²) < 4.78 is 4.90. The first-order valence-corrected chi connectivity index (χ1v) is 6.46. The predicted molar refractivity (Wildman–Crippen MR) is 72.4 cm³/mol. The molecule has 0 saturated heterocycles. The van der Waals surface area contributed by atoms with Crippen LogP contribution >= 0.6 is 0 Å². The van der Waals surface area contributed by atoms with Gasteiger partial charge in [0.05, 0.1) is 13.2 Å². The summed E-state index contributed by atoms with van der Waals surface area (Å²) in [6, 6.07) is 0. The number of hydrogen-bond acceptors (Lipinski definition) is 4. The molecule has 0 saturated carbocycles. The Morgan fingerprint density at radius 3 is 2.42 bits per heavy atom. The molecule has 0 bridgehead atoms. The highest BCUT2D eigenvalue weighted by molar-refractivity contribution is 5.88. The number of nitrogens with one attached hydrogen (secondary N) is 1. The number of amides is 1. The Balaban J connectivity index is 4.64. The molecule has 0 aliphatic heterocycles. The van der Waals surface area contributed by atoms with Gasteiger partial charge in [0.15, 0.2) is 5.78 Å². The van der Waals surface area contributed by atoms with E-state index in [0.717, 1.165) is 0 Å². The third-order valence-electron chi connectivity index (χ3n) is 2.76. The third-order valence-corrected chi connectivity index (χ3v) is 2.76. The van der Waals surface area contributed by atoms with E-state index in [4.69, 9.17) is 4.74 Å². The van der Waals surface area contributed by atoms with Crippen molar-refractivity contribution in [3.8, 4) is 0 Å². The summed E-state index contributed by atoms with van der Waals surface area (Å²) in [6.45, 7) is 7.76. The maximum atomic E-state index is 11.6. The fourth-order valence-electron chi connectivity index (χ4n) is 1.61. The summed E-state index contributed by atoms with van der Waals surface area (Å²) in [5, 5.41) is 2.35. The number of ether oxygens (including phenoxy) is 1. The van der Waals surface area contributed by atoms with Crippen molar-refractivity contribution in [3.63, 3.8) is 0 Å². The van der Waals surface area contributed by atoms with E-state index in [1.807, 2.05) is 13.8 Å². The van der Waals surface area contributed by atoms with Gasteiger partial charge in [-0.15, -0.1) is 0 Å². The Kier molecular flexibility index (Phi) is 8.49. The molecule has 0 radical (unpaired) electrons. The summed E-state index contributed by atoms with van der Waals surface area (Å²) in [5.41, 5.74) is 0.511. The van der Waals surface area contributed by atoms with E-state index in [9.17, 15) is 14.4 Å². The normalized spacial score (nSPS) is 13.0. The predicted octanol–water partition coefficient (Wildman–Crippen LogP) is 1.47. The second-order valence-electron chi connectivity index (χ2n) is 4.72. The summed E-state index contributed by atoms with van der Waals surface area (Å²) in [4.78, 5) is 33.3. The van der Waals surface area contributed by atoms with E-state index in [2.05, 4.69) is 5.32 Å². The highest BCUT2D eigenvalue weighted by Gasteiger charge is 2.17. The third kappa shape index (κ3) is 7.39. The minimum absolute atomic E-state index is 0.0268. The second kappa shape index (κ2) is 9.30. The lowest BCUT2D eigenvalue weighted by Gasteiger charge is -2.17. The maximum absolute atomic E-state index is 11.6. The van der Waals surface area contributed by atoms with E-state index in [-0.39, 0.29) is 30.1 Å². The van der Waals surface area contributed by atoms with Crippen LogP contribution in [-0.4, -0.2) is 31.3 Å². The Labute approximate surface area is 114 Å². The Morgan fingerprint density at radius 2 is 1.95 bits per heavy atom. The zero-order chi connectivity index (χ0) is 14.8. The van der Waals surface area contributed by atoms with Crippen molar-refractivity contribution < 1.29 is 19.1 Å². The molecule has 1 amide bonds. The molecular formula is C14H23NO4. The minimum Gasteiger partial charge on any atom is -0.463 e. The highest BCUT2D eigenvalue weighted by Crippen LogP contribution is 2.19. The Bertz CT molecular complexity index is 347. The molecule has 0 aromatic heterocycles. The lowest BCUT2D eigenvalue weighted by atomic mass is 9.89. The first-order valence-electron chi connectivity index (χ1n) is 6.46. The van der Waals surface area contributed by atoms with Crippen molar-refractivity contribution in [2.45, 2.75) is 34.1 Å². The molecule has 0 fully saturated rings. The summed E-state index contributed by atoms with van der Waals surface area (Å²) in [6.07, 6.45) is 2.58. The van der Waals surface area contributed by atoms with E-state index in [0.29, 0.717) is 25.0 Å². The largest absolute Gasteiger partial charge is 0.463 e. The summed E-state index contributed by atoms with van der Waals surface area (Å²) >= 11 is 0. The number of allylic oxidation sites excluding steroid dienone is 1. The Hall–Kier alpha value is -1.65. The van der Waals surface area contributed by atoms with Crippen LogP contribution in [0.1, 0.15) is 34.1 Å². The standard InChI is InChI=1S/C14H23NO4/c1-5-19-14(18)11(4)6-12(10(2)3)7-13(17)8-15-9-16/h6,9-10,12H,5,7-8H2,1-4H3,(H,15,16)/b11-6+/t12-/m0/s1. The fourth-order valence-corrected chi connectivity index (χ4v) is 1.61. The number of carbonyl (C=O) groups excluding carboxylic acids is 3. The molecule has 5 nitrogen and oxygen atoms in total. The molecule has 19 heavy (non-hydrogen) atoms. The molecule has 0 aromatic carbocycles. The van der Waals surface area contributed by atoms with Gasteiger partial charge in [0.1, 0.15) is 0 Å². The van der Waals surface area contributed by atoms with Gasteiger partial charge in [-0.3, -0.25) is 9.59 Å². The molecule has 0 rings (SSSR count). The molecule has 0 spiro atoms. The van der Waals surface area contributed by atoms with Gasteiger partial charge in [0.2, 0.25) is 6.41 Å². The van der Waals surface area contributed by atoms with Gasteiger partial charge < -0.3 is 10.1 Å². The van der Waals surface area contributed by atoms with Gasteiger partial charge in [0, 0.05) is 12.0 Å². The first-order chi connectivity index (χ1) is 8.92. The van der Waals surface area contributed by atoms with Gasteiger partial charge in [0.25, 0.3) is 0 Å². The minimum atomic E-state index is -0.355.